The zero-order valence-corrected chi connectivity index (χ0v) is 16.4. The SMILES string of the molecule is COc1cccc(CCNC(=O)c2ccc(NCc3ccccc3Cl)nc2)c1. The van der Waals surface area contributed by atoms with Crippen molar-refractivity contribution in [3.05, 3.63) is 88.6 Å². The van der Waals surface area contributed by atoms with Crippen LogP contribution >= 0.6 is 11.6 Å². The number of hydrogen-bond acceptors (Lipinski definition) is 4. The predicted molar refractivity (Wildman–Crippen MR) is 112 cm³/mol. The van der Waals surface area contributed by atoms with Crippen molar-refractivity contribution in [1.82, 2.24) is 10.3 Å². The number of carbonyl (C=O) groups excluding carboxylic acids is 1. The van der Waals surface area contributed by atoms with Gasteiger partial charge in [0.25, 0.3) is 5.91 Å². The molecule has 0 saturated carbocycles. The Kier molecular flexibility index (Phi) is 6.87. The largest absolute Gasteiger partial charge is 0.497 e. The Morgan fingerprint density at radius 2 is 1.96 bits per heavy atom. The van der Waals surface area contributed by atoms with Gasteiger partial charge in [-0.2, -0.15) is 0 Å². The molecule has 0 aliphatic heterocycles. The average molecular weight is 396 g/mol. The zero-order chi connectivity index (χ0) is 19.8. The van der Waals surface area contributed by atoms with Gasteiger partial charge in [0.1, 0.15) is 11.6 Å². The number of benzene rings is 2. The molecule has 144 valence electrons. The van der Waals surface area contributed by atoms with E-state index >= 15 is 0 Å². The highest BCUT2D eigenvalue weighted by molar-refractivity contribution is 6.31. The van der Waals surface area contributed by atoms with E-state index in [2.05, 4.69) is 15.6 Å². The predicted octanol–water partition coefficient (Wildman–Crippen LogP) is 4.33. The van der Waals surface area contributed by atoms with E-state index in [0.29, 0.717) is 29.5 Å². The molecule has 2 N–H and O–H groups in total. The third-order valence-corrected chi connectivity index (χ3v) is 4.65. The van der Waals surface area contributed by atoms with Crippen molar-refractivity contribution in [3.63, 3.8) is 0 Å². The van der Waals surface area contributed by atoms with Crippen LogP contribution in [-0.4, -0.2) is 24.5 Å². The van der Waals surface area contributed by atoms with E-state index in [1.807, 2.05) is 48.5 Å². The summed E-state index contributed by atoms with van der Waals surface area (Å²) >= 11 is 6.15. The maximum Gasteiger partial charge on any atom is 0.252 e. The van der Waals surface area contributed by atoms with Gasteiger partial charge in [-0.15, -0.1) is 0 Å². The van der Waals surface area contributed by atoms with Gasteiger partial charge in [0.05, 0.1) is 12.7 Å². The number of carbonyl (C=O) groups is 1. The molecule has 5 nitrogen and oxygen atoms in total. The number of anilines is 1. The molecular formula is C22H22ClN3O2. The van der Waals surface area contributed by atoms with E-state index in [1.165, 1.54) is 0 Å². The molecule has 2 aromatic carbocycles. The number of aromatic nitrogens is 1. The van der Waals surface area contributed by atoms with Crippen LogP contribution < -0.4 is 15.4 Å². The van der Waals surface area contributed by atoms with Gasteiger partial charge in [-0.25, -0.2) is 4.98 Å². The summed E-state index contributed by atoms with van der Waals surface area (Å²) in [6.45, 7) is 1.11. The van der Waals surface area contributed by atoms with Gasteiger partial charge in [0.2, 0.25) is 0 Å². The first-order valence-electron chi connectivity index (χ1n) is 9.00. The number of halogens is 1. The first-order chi connectivity index (χ1) is 13.7. The van der Waals surface area contributed by atoms with Gasteiger partial charge in [-0.05, 0) is 47.9 Å². The number of nitrogens with one attached hydrogen (secondary N) is 2. The second-order valence-electron chi connectivity index (χ2n) is 6.23. The molecule has 3 rings (SSSR count). The number of amides is 1. The second-order valence-corrected chi connectivity index (χ2v) is 6.64. The lowest BCUT2D eigenvalue weighted by molar-refractivity contribution is 0.0954. The van der Waals surface area contributed by atoms with Crippen LogP contribution in [0.15, 0.2) is 66.9 Å². The van der Waals surface area contributed by atoms with Crippen molar-refractivity contribution in [1.29, 1.82) is 0 Å². The first kappa shape index (κ1) is 19.7. The van der Waals surface area contributed by atoms with Crippen LogP contribution in [-0.2, 0) is 13.0 Å². The van der Waals surface area contributed by atoms with Crippen molar-refractivity contribution in [2.75, 3.05) is 19.0 Å². The van der Waals surface area contributed by atoms with Crippen LogP contribution in [0.1, 0.15) is 21.5 Å². The minimum absolute atomic E-state index is 0.145. The van der Waals surface area contributed by atoms with Crippen molar-refractivity contribution in [2.45, 2.75) is 13.0 Å². The minimum atomic E-state index is -0.145. The van der Waals surface area contributed by atoms with Crippen LogP contribution in [0.25, 0.3) is 0 Å². The fourth-order valence-corrected chi connectivity index (χ4v) is 2.91. The standard InChI is InChI=1S/C22H22ClN3O2/c1-28-19-7-4-5-16(13-19)11-12-24-22(27)18-9-10-21(26-15-18)25-14-17-6-2-3-8-20(17)23/h2-10,13,15H,11-12,14H2,1H3,(H,24,27)(H,25,26). The molecule has 0 saturated heterocycles. The Hall–Kier alpha value is -3.05. The third kappa shape index (κ3) is 5.47. The summed E-state index contributed by atoms with van der Waals surface area (Å²) < 4.78 is 5.21. The monoisotopic (exact) mass is 395 g/mol. The summed E-state index contributed by atoms with van der Waals surface area (Å²) in [5.41, 5.74) is 2.62. The minimum Gasteiger partial charge on any atom is -0.497 e. The highest BCUT2D eigenvalue weighted by Gasteiger charge is 2.06. The van der Waals surface area contributed by atoms with Gasteiger partial charge in [-0.1, -0.05) is 41.9 Å². The lowest BCUT2D eigenvalue weighted by Crippen LogP contribution is -2.25. The van der Waals surface area contributed by atoms with Crippen molar-refractivity contribution < 1.29 is 9.53 Å². The normalized spacial score (nSPS) is 10.4. The Morgan fingerprint density at radius 1 is 1.11 bits per heavy atom. The molecule has 0 atom stereocenters. The lowest BCUT2D eigenvalue weighted by atomic mass is 10.1. The molecule has 1 amide bonds. The summed E-state index contributed by atoms with van der Waals surface area (Å²) in [6.07, 6.45) is 2.30. The Bertz CT molecular complexity index is 929. The number of methoxy groups -OCH3 is 1. The molecule has 0 aliphatic carbocycles. The number of nitrogens with zero attached hydrogens (tertiary/aromatic N) is 1. The summed E-state index contributed by atoms with van der Waals surface area (Å²) in [5.74, 6) is 1.36. The molecule has 6 heteroatoms. The average Bonchev–Trinajstić information content (AvgIpc) is 2.73. The van der Waals surface area contributed by atoms with Crippen LogP contribution in [0.4, 0.5) is 5.82 Å². The molecular weight excluding hydrogens is 374 g/mol. The molecule has 1 aromatic heterocycles. The highest BCUT2D eigenvalue weighted by atomic mass is 35.5. The molecule has 3 aromatic rings. The van der Waals surface area contributed by atoms with E-state index in [0.717, 1.165) is 23.3 Å². The quantitative estimate of drug-likeness (QED) is 0.596. The second kappa shape index (κ2) is 9.76. The molecule has 0 spiro atoms. The van der Waals surface area contributed by atoms with Crippen LogP contribution in [0.2, 0.25) is 5.02 Å². The first-order valence-corrected chi connectivity index (χ1v) is 9.38. The van der Waals surface area contributed by atoms with E-state index in [9.17, 15) is 4.79 Å². The molecule has 1 heterocycles. The van der Waals surface area contributed by atoms with E-state index in [-0.39, 0.29) is 5.91 Å². The van der Waals surface area contributed by atoms with Gasteiger partial charge < -0.3 is 15.4 Å². The topological polar surface area (TPSA) is 63.2 Å². The fourth-order valence-electron chi connectivity index (χ4n) is 2.71. The number of pyridine rings is 1. The summed E-state index contributed by atoms with van der Waals surface area (Å²) in [6, 6.07) is 19.0. The lowest BCUT2D eigenvalue weighted by Gasteiger charge is -2.09. The zero-order valence-electron chi connectivity index (χ0n) is 15.6. The molecule has 28 heavy (non-hydrogen) atoms. The van der Waals surface area contributed by atoms with Gasteiger partial charge in [-0.3, -0.25) is 4.79 Å². The Balaban J connectivity index is 1.48. The smallest absolute Gasteiger partial charge is 0.252 e. The third-order valence-electron chi connectivity index (χ3n) is 4.28. The van der Waals surface area contributed by atoms with Crippen molar-refractivity contribution in [2.24, 2.45) is 0 Å². The van der Waals surface area contributed by atoms with Gasteiger partial charge in [0.15, 0.2) is 0 Å². The van der Waals surface area contributed by atoms with Gasteiger partial charge in [0, 0.05) is 24.3 Å². The number of rotatable bonds is 8. The number of hydrogen-bond donors (Lipinski definition) is 2. The van der Waals surface area contributed by atoms with Gasteiger partial charge >= 0.3 is 0 Å². The van der Waals surface area contributed by atoms with E-state index in [4.69, 9.17) is 16.3 Å². The molecule has 0 unspecified atom stereocenters. The summed E-state index contributed by atoms with van der Waals surface area (Å²) in [5, 5.41) is 6.83. The molecule has 0 bridgehead atoms. The Labute approximate surface area is 169 Å². The van der Waals surface area contributed by atoms with E-state index < -0.39 is 0 Å². The van der Waals surface area contributed by atoms with Crippen LogP contribution in [0.5, 0.6) is 5.75 Å². The molecule has 0 fully saturated rings. The van der Waals surface area contributed by atoms with Crippen molar-refractivity contribution in [3.8, 4) is 5.75 Å². The molecule has 0 radical (unpaired) electrons. The highest BCUT2D eigenvalue weighted by Crippen LogP contribution is 2.16. The summed E-state index contributed by atoms with van der Waals surface area (Å²) in [7, 11) is 1.64. The van der Waals surface area contributed by atoms with Crippen molar-refractivity contribution >= 4 is 23.3 Å². The maximum atomic E-state index is 12.3. The van der Waals surface area contributed by atoms with Crippen LogP contribution in [0, 0.1) is 0 Å². The van der Waals surface area contributed by atoms with Crippen LogP contribution in [0.3, 0.4) is 0 Å². The molecule has 0 aliphatic rings. The summed E-state index contributed by atoms with van der Waals surface area (Å²) in [4.78, 5) is 16.6. The maximum absolute atomic E-state index is 12.3. The van der Waals surface area contributed by atoms with E-state index in [1.54, 1.807) is 25.4 Å². The number of ether oxygens (including phenoxy) is 1. The fraction of sp³-hybridized carbons (Fsp3) is 0.182. The Morgan fingerprint density at radius 3 is 2.71 bits per heavy atom.